The zero-order valence-electron chi connectivity index (χ0n) is 46.6. The zero-order valence-corrected chi connectivity index (χ0v) is 40.6. The second-order valence-electron chi connectivity index (χ2n) is 21.0. The first-order chi connectivity index (χ1) is 34.2. The number of phenols is 1. The molecule has 67 heavy (non-hydrogen) atoms. The van der Waals surface area contributed by atoms with E-state index in [1.165, 1.54) is 0 Å². The van der Waals surface area contributed by atoms with E-state index in [1.54, 1.807) is 19.9 Å². The Balaban J connectivity index is 1.34. The fourth-order valence-electron chi connectivity index (χ4n) is 8.81. The van der Waals surface area contributed by atoms with Crippen molar-refractivity contribution in [2.24, 2.45) is 0 Å². The molecule has 0 fully saturated rings. The molecule has 9 aromatic rings. The average molecular weight is 884 g/mol. The molecule has 0 amide bonds. The summed E-state index contributed by atoms with van der Waals surface area (Å²) in [5, 5.41) is 12.6. The van der Waals surface area contributed by atoms with Crippen LogP contribution in [0.1, 0.15) is 113 Å². The Kier molecular flexibility index (Phi) is 9.85. The minimum absolute atomic E-state index is 0.00323. The van der Waals surface area contributed by atoms with Crippen molar-refractivity contribution in [3.8, 4) is 78.6 Å². The second kappa shape index (κ2) is 17.3. The van der Waals surface area contributed by atoms with E-state index in [0.29, 0.717) is 39.2 Å². The van der Waals surface area contributed by atoms with E-state index in [2.05, 4.69) is 135 Å². The van der Waals surface area contributed by atoms with Crippen molar-refractivity contribution in [2.45, 2.75) is 98.3 Å². The molecule has 0 spiro atoms. The van der Waals surface area contributed by atoms with Crippen LogP contribution in [0.2, 0.25) is 0 Å². The third kappa shape index (κ3) is 8.98. The van der Waals surface area contributed by atoms with Crippen LogP contribution in [0.25, 0.3) is 83.9 Å². The van der Waals surface area contributed by atoms with E-state index in [1.807, 2.05) is 65.4 Å². The van der Waals surface area contributed by atoms with Crippen LogP contribution in [-0.4, -0.2) is 19.6 Å². The summed E-state index contributed by atoms with van der Waals surface area (Å²) in [4.78, 5) is 10.5. The Bertz CT molecular complexity index is 3580. The van der Waals surface area contributed by atoms with E-state index in [4.69, 9.17) is 15.5 Å². The minimum atomic E-state index is -1.11. The van der Waals surface area contributed by atoms with Gasteiger partial charge in [0, 0.05) is 29.8 Å². The van der Waals surface area contributed by atoms with Crippen LogP contribution in [0.5, 0.6) is 5.75 Å². The normalized spacial score (nSPS) is 13.7. The van der Waals surface area contributed by atoms with E-state index in [-0.39, 0.29) is 34.2 Å². The van der Waals surface area contributed by atoms with Gasteiger partial charge in [0.05, 0.1) is 34.8 Å². The number of aromatic nitrogens is 3. The minimum Gasteiger partial charge on any atom is -0.507 e. The molecule has 0 saturated heterocycles. The first-order valence-electron chi connectivity index (χ1n) is 26.1. The van der Waals surface area contributed by atoms with Crippen LogP contribution < -0.4 is 0 Å². The molecule has 336 valence electrons. The summed E-state index contributed by atoms with van der Waals surface area (Å²) in [5.41, 5.74) is 12.9. The molecular weight excluding hydrogens is 815 g/mol. The molecule has 1 N–H and O–H groups in total. The molecule has 0 unspecified atom stereocenters. The second-order valence-corrected chi connectivity index (χ2v) is 21.0. The Hall–Kier alpha value is -7.04. The highest BCUT2D eigenvalue weighted by molar-refractivity contribution is 5.98. The zero-order chi connectivity index (χ0) is 52.7. The van der Waals surface area contributed by atoms with Crippen molar-refractivity contribution in [1.82, 2.24) is 14.5 Å². The lowest BCUT2D eigenvalue weighted by Gasteiger charge is -2.27. The van der Waals surface area contributed by atoms with Crippen LogP contribution in [-0.2, 0) is 16.2 Å². The number of aromatic hydroxyl groups is 1. The number of hydrogen-bond donors (Lipinski definition) is 1. The van der Waals surface area contributed by atoms with Gasteiger partial charge in [0.2, 0.25) is 0 Å². The van der Waals surface area contributed by atoms with Gasteiger partial charge in [-0.25, -0.2) is 4.98 Å². The van der Waals surface area contributed by atoms with Gasteiger partial charge in [-0.2, -0.15) is 0 Å². The maximum absolute atomic E-state index is 12.6. The smallest absolute Gasteiger partial charge is 0.149 e. The maximum atomic E-state index is 12.6. The van der Waals surface area contributed by atoms with Crippen molar-refractivity contribution in [3.05, 3.63) is 192 Å². The first kappa shape index (κ1) is 38.1. The molecule has 0 bridgehead atoms. The lowest BCUT2D eigenvalue weighted by atomic mass is 9.79. The number of para-hydroxylation sites is 1. The van der Waals surface area contributed by atoms with Gasteiger partial charge in [0.15, 0.2) is 0 Å². The average Bonchev–Trinajstić information content (AvgIpc) is 3.73. The molecule has 2 heterocycles. The highest BCUT2D eigenvalue weighted by Gasteiger charge is 2.30. The lowest BCUT2D eigenvalue weighted by molar-refractivity contribution is 0.446. The van der Waals surface area contributed by atoms with Crippen LogP contribution in [0, 0.1) is 0 Å². The molecule has 9 rings (SSSR count). The Morgan fingerprint density at radius 3 is 1.84 bits per heavy atom. The molecule has 2 aromatic heterocycles. The predicted molar refractivity (Wildman–Crippen MR) is 283 cm³/mol. The number of rotatable bonds is 8. The molecule has 7 aromatic carbocycles. The van der Waals surface area contributed by atoms with E-state index in [9.17, 15) is 7.85 Å². The number of hydrogen-bond acceptors (Lipinski definition) is 3. The third-order valence-corrected chi connectivity index (χ3v) is 12.8. The molecule has 4 heteroatoms. The fraction of sp³-hybridized carbons (Fsp3) is 0.238. The van der Waals surface area contributed by atoms with Gasteiger partial charge in [0.25, 0.3) is 0 Å². The summed E-state index contributed by atoms with van der Waals surface area (Å²) in [6.45, 7) is 22.7. The lowest BCUT2D eigenvalue weighted by Crippen LogP contribution is -2.17. The summed E-state index contributed by atoms with van der Waals surface area (Å²) in [5.74, 6) is -0.626. The molecule has 0 aliphatic rings. The van der Waals surface area contributed by atoms with Crippen molar-refractivity contribution >= 4 is 11.0 Å². The Morgan fingerprint density at radius 1 is 0.537 bits per heavy atom. The van der Waals surface area contributed by atoms with E-state index < -0.39 is 29.4 Å². The van der Waals surface area contributed by atoms with Crippen LogP contribution in [0.3, 0.4) is 0 Å². The van der Waals surface area contributed by atoms with Crippen molar-refractivity contribution < 1.29 is 13.3 Å². The highest BCUT2D eigenvalue weighted by Crippen LogP contribution is 2.46. The predicted octanol–water partition coefficient (Wildman–Crippen LogP) is 17.1. The van der Waals surface area contributed by atoms with Gasteiger partial charge in [-0.05, 0) is 121 Å². The quantitative estimate of drug-likeness (QED) is 0.165. The number of benzene rings is 7. The van der Waals surface area contributed by atoms with Crippen molar-refractivity contribution in [2.75, 3.05) is 0 Å². The third-order valence-electron chi connectivity index (χ3n) is 12.8. The topological polar surface area (TPSA) is 50.9 Å². The number of pyridine rings is 1. The van der Waals surface area contributed by atoms with Crippen molar-refractivity contribution in [1.29, 1.82) is 0 Å². The van der Waals surface area contributed by atoms with Gasteiger partial charge in [0.1, 0.15) is 11.6 Å². The molecule has 0 aliphatic heterocycles. The summed E-state index contributed by atoms with van der Waals surface area (Å²) in [7, 11) is 0. The van der Waals surface area contributed by atoms with Crippen LogP contribution >= 0.6 is 0 Å². The van der Waals surface area contributed by atoms with Gasteiger partial charge in [-0.15, -0.1) is 0 Å². The largest absolute Gasteiger partial charge is 0.507 e. The molecule has 0 radical (unpaired) electrons. The summed E-state index contributed by atoms with van der Waals surface area (Å²) in [6.07, 6.45) is 1.86. The number of fused-ring (bicyclic) bond motifs is 1. The number of phenolic OH excluding ortho intramolecular Hbond substituents is 1. The van der Waals surface area contributed by atoms with Crippen LogP contribution in [0.15, 0.2) is 170 Å². The summed E-state index contributed by atoms with van der Waals surface area (Å²) >= 11 is 0. The number of imidazole rings is 1. The Labute approximate surface area is 406 Å². The number of nitrogens with zero attached hydrogens (tertiary/aromatic N) is 3. The van der Waals surface area contributed by atoms with E-state index >= 15 is 0 Å². The highest BCUT2D eigenvalue weighted by atomic mass is 16.3. The SMILES string of the molecule is [2H]c1c([2H])c([2H])c(-c2cc(C([2H])(C)C)ccc2-n2c(-c3cc(C(C)(C)C)cc(C(C)(C)C)c3O)nc3c(-c4cc(-c5cc(-c6ccc(-c7ccccc7)cc6)ccn5)cc(C(C)(C)C)c4)cccc32)c([2H])c1[2H]. The maximum Gasteiger partial charge on any atom is 0.149 e. The fourth-order valence-corrected chi connectivity index (χ4v) is 8.81. The molecule has 0 aliphatic carbocycles. The van der Waals surface area contributed by atoms with Gasteiger partial charge < -0.3 is 5.11 Å². The van der Waals surface area contributed by atoms with Crippen molar-refractivity contribution in [3.63, 3.8) is 0 Å². The Morgan fingerprint density at radius 2 is 1.18 bits per heavy atom. The molecular formula is C63H63N3O. The van der Waals surface area contributed by atoms with Gasteiger partial charge in [-0.3, -0.25) is 9.55 Å². The molecule has 0 saturated carbocycles. The monoisotopic (exact) mass is 884 g/mol. The van der Waals surface area contributed by atoms with E-state index in [0.717, 1.165) is 61.3 Å². The standard InChI is InChI=1S/C63H63N3O/c1-40(2)45-29-30-56(52(36-45)44-21-16-13-17-22-44)66-57-24-18-23-51(58(57)65-60(66)53-38-50(62(6,7)8)39-54(59(53)67)63(9,10)11)47-33-48(35-49(34-47)61(3,4)5)55-37-46(31-32-64-55)43-27-25-42(26-28-43)41-19-14-12-15-20-41/h12-40,67H,1-11H3/i13D,16D,17D,21D,22D,40D. The van der Waals surface area contributed by atoms with Gasteiger partial charge in [-0.1, -0.05) is 191 Å². The summed E-state index contributed by atoms with van der Waals surface area (Å²) in [6, 6.07) is 43.1. The first-order valence-corrected chi connectivity index (χ1v) is 23.1. The molecule has 0 atom stereocenters. The van der Waals surface area contributed by atoms with Crippen LogP contribution in [0.4, 0.5) is 0 Å². The van der Waals surface area contributed by atoms with Gasteiger partial charge >= 0.3 is 0 Å². The summed E-state index contributed by atoms with van der Waals surface area (Å²) < 4.78 is 55.6. The molecule has 4 nitrogen and oxygen atoms in total.